The zero-order valence-corrected chi connectivity index (χ0v) is 20.4. The van der Waals surface area contributed by atoms with Crippen molar-refractivity contribution < 1.29 is 27.9 Å². The third kappa shape index (κ3) is 5.84. The van der Waals surface area contributed by atoms with E-state index in [2.05, 4.69) is 15.2 Å². The second-order valence-corrected chi connectivity index (χ2v) is 8.57. The Labute approximate surface area is 216 Å². The highest BCUT2D eigenvalue weighted by Gasteiger charge is 2.39. The number of alkyl halides is 3. The van der Waals surface area contributed by atoms with Gasteiger partial charge in [-0.1, -0.05) is 40.2 Å². The van der Waals surface area contributed by atoms with E-state index in [9.17, 15) is 27.9 Å². The SMILES string of the molecule is CC(=O)On1nc(Cn2nc(-c3ccc(Cl)cc3)n(C[C@H](O)C(F)(F)F)c2=O)nc1-c1ccccc1Cl. The van der Waals surface area contributed by atoms with Gasteiger partial charge in [0, 0.05) is 23.1 Å². The Kier molecular flexibility index (Phi) is 7.39. The van der Waals surface area contributed by atoms with Crippen LogP contribution in [0.3, 0.4) is 0 Å². The van der Waals surface area contributed by atoms with E-state index in [-0.39, 0.29) is 28.1 Å². The summed E-state index contributed by atoms with van der Waals surface area (Å²) in [5.41, 5.74) is -0.307. The van der Waals surface area contributed by atoms with Gasteiger partial charge in [-0.3, -0.25) is 4.57 Å². The molecule has 0 saturated heterocycles. The van der Waals surface area contributed by atoms with Crippen molar-refractivity contribution in [3.63, 3.8) is 0 Å². The predicted molar refractivity (Wildman–Crippen MR) is 126 cm³/mol. The number of aromatic nitrogens is 6. The lowest BCUT2D eigenvalue weighted by Crippen LogP contribution is -2.37. The minimum Gasteiger partial charge on any atom is -0.382 e. The third-order valence-electron chi connectivity index (χ3n) is 5.00. The molecule has 4 aromatic rings. The van der Waals surface area contributed by atoms with Crippen LogP contribution in [0.25, 0.3) is 22.8 Å². The maximum absolute atomic E-state index is 13.1. The molecule has 194 valence electrons. The van der Waals surface area contributed by atoms with E-state index in [0.29, 0.717) is 15.2 Å². The molecular weight excluding hydrogens is 540 g/mol. The lowest BCUT2D eigenvalue weighted by Gasteiger charge is -2.15. The molecule has 0 fully saturated rings. The summed E-state index contributed by atoms with van der Waals surface area (Å²) in [5.74, 6) is -0.858. The van der Waals surface area contributed by atoms with E-state index < -0.39 is 37.0 Å². The maximum Gasteiger partial charge on any atom is 0.416 e. The molecule has 2 aromatic carbocycles. The molecule has 0 aliphatic heterocycles. The van der Waals surface area contributed by atoms with Gasteiger partial charge in [0.2, 0.25) is 5.82 Å². The summed E-state index contributed by atoms with van der Waals surface area (Å²) in [6.07, 6.45) is -7.78. The molecule has 0 amide bonds. The van der Waals surface area contributed by atoms with Gasteiger partial charge in [-0.2, -0.15) is 13.2 Å². The first-order valence-electron chi connectivity index (χ1n) is 10.5. The average Bonchev–Trinajstić information content (AvgIpc) is 3.34. The quantitative estimate of drug-likeness (QED) is 0.371. The third-order valence-corrected chi connectivity index (χ3v) is 5.58. The summed E-state index contributed by atoms with van der Waals surface area (Å²) in [6.45, 7) is -0.352. The Morgan fingerprint density at radius 1 is 1.08 bits per heavy atom. The predicted octanol–water partition coefficient (Wildman–Crippen LogP) is 3.22. The van der Waals surface area contributed by atoms with Crippen molar-refractivity contribution in [2.24, 2.45) is 0 Å². The summed E-state index contributed by atoms with van der Waals surface area (Å²) >= 11 is 12.1. The van der Waals surface area contributed by atoms with Gasteiger partial charge in [0.25, 0.3) is 0 Å². The number of carbonyl (C=O) groups is 1. The number of nitrogens with zero attached hydrogens (tertiary/aromatic N) is 6. The molecule has 1 N–H and O–H groups in total. The van der Waals surface area contributed by atoms with Crippen LogP contribution in [0, 0.1) is 0 Å². The van der Waals surface area contributed by atoms with Crippen molar-refractivity contribution in [1.29, 1.82) is 0 Å². The monoisotopic (exact) mass is 556 g/mol. The Morgan fingerprint density at radius 3 is 2.38 bits per heavy atom. The molecule has 0 aliphatic carbocycles. The first-order valence-corrected chi connectivity index (χ1v) is 11.3. The smallest absolute Gasteiger partial charge is 0.382 e. The van der Waals surface area contributed by atoms with Gasteiger partial charge >= 0.3 is 17.8 Å². The van der Waals surface area contributed by atoms with E-state index in [1.54, 1.807) is 24.3 Å². The van der Waals surface area contributed by atoms with Crippen molar-refractivity contribution in [3.8, 4) is 22.8 Å². The molecule has 0 spiro atoms. The fourth-order valence-corrected chi connectivity index (χ4v) is 3.68. The molecule has 2 heterocycles. The van der Waals surface area contributed by atoms with Gasteiger partial charge in [0.1, 0.15) is 6.54 Å². The van der Waals surface area contributed by atoms with Crippen molar-refractivity contribution in [1.82, 2.24) is 29.3 Å². The van der Waals surface area contributed by atoms with Crippen LogP contribution in [-0.2, 0) is 17.9 Å². The normalized spacial score (nSPS) is 12.5. The number of halogens is 5. The van der Waals surface area contributed by atoms with Gasteiger partial charge in [0.15, 0.2) is 17.8 Å². The van der Waals surface area contributed by atoms with Gasteiger partial charge in [-0.05, 0) is 36.4 Å². The second kappa shape index (κ2) is 10.4. The highest BCUT2D eigenvalue weighted by Crippen LogP contribution is 2.27. The highest BCUT2D eigenvalue weighted by atomic mass is 35.5. The second-order valence-electron chi connectivity index (χ2n) is 7.73. The molecular formula is C22H17Cl2F3N6O4. The number of rotatable bonds is 7. The molecule has 0 aliphatic rings. The van der Waals surface area contributed by atoms with Crippen LogP contribution in [0.1, 0.15) is 12.7 Å². The van der Waals surface area contributed by atoms with E-state index in [0.717, 1.165) is 16.5 Å². The summed E-state index contributed by atoms with van der Waals surface area (Å²) < 4.78 is 40.7. The van der Waals surface area contributed by atoms with Crippen LogP contribution in [0.4, 0.5) is 13.2 Å². The van der Waals surface area contributed by atoms with Crippen LogP contribution < -0.4 is 10.5 Å². The molecule has 0 saturated carbocycles. The van der Waals surface area contributed by atoms with Crippen LogP contribution in [0.2, 0.25) is 10.0 Å². The molecule has 10 nitrogen and oxygen atoms in total. The minimum atomic E-state index is -4.97. The van der Waals surface area contributed by atoms with Gasteiger partial charge < -0.3 is 9.94 Å². The van der Waals surface area contributed by atoms with Crippen molar-refractivity contribution in [2.75, 3.05) is 0 Å². The lowest BCUT2D eigenvalue weighted by molar-refractivity contribution is -0.207. The number of benzene rings is 2. The molecule has 2 aromatic heterocycles. The van der Waals surface area contributed by atoms with Crippen LogP contribution >= 0.6 is 23.2 Å². The van der Waals surface area contributed by atoms with Gasteiger partial charge in [0.05, 0.1) is 11.6 Å². The zero-order valence-electron chi connectivity index (χ0n) is 18.9. The summed E-state index contributed by atoms with van der Waals surface area (Å²) in [4.78, 5) is 34.8. The maximum atomic E-state index is 13.1. The first kappa shape index (κ1) is 26.4. The van der Waals surface area contributed by atoms with Crippen LogP contribution in [0.15, 0.2) is 53.3 Å². The number of hydrogen-bond acceptors (Lipinski definition) is 7. The largest absolute Gasteiger partial charge is 0.416 e. The zero-order chi connectivity index (χ0) is 26.9. The standard InChI is InChI=1S/C22H17Cl2F3N6O4/c1-12(34)37-33-20(15-4-2-3-5-16(15)24)28-18(29-33)11-32-21(36)31(10-17(35)22(25,26)27)19(30-32)13-6-8-14(23)9-7-13/h2-9,17,35H,10-11H2,1H3/t17-/m0/s1. The molecule has 0 bridgehead atoms. The average molecular weight is 557 g/mol. The van der Waals surface area contributed by atoms with E-state index in [4.69, 9.17) is 28.0 Å². The number of aliphatic hydroxyl groups is 1. The lowest BCUT2D eigenvalue weighted by atomic mass is 10.2. The molecule has 0 radical (unpaired) electrons. The van der Waals surface area contributed by atoms with Gasteiger partial charge in [-0.25, -0.2) is 19.3 Å². The Bertz CT molecular complexity index is 1500. The first-order chi connectivity index (χ1) is 17.4. The van der Waals surface area contributed by atoms with Crippen LogP contribution in [-0.4, -0.2) is 52.6 Å². The fraction of sp³-hybridized carbons (Fsp3) is 0.227. The Balaban J connectivity index is 1.78. The number of aliphatic hydroxyl groups excluding tert-OH is 1. The minimum absolute atomic E-state index is 0.0497. The van der Waals surface area contributed by atoms with Gasteiger partial charge in [-0.15, -0.1) is 10.2 Å². The molecule has 15 heteroatoms. The summed E-state index contributed by atoms with van der Waals surface area (Å²) in [5, 5.41) is 18.5. The molecule has 1 atom stereocenters. The van der Waals surface area contributed by atoms with Crippen molar-refractivity contribution in [2.45, 2.75) is 32.3 Å². The molecule has 0 unspecified atom stereocenters. The van der Waals surface area contributed by atoms with Crippen LogP contribution in [0.5, 0.6) is 0 Å². The number of hydrogen-bond donors (Lipinski definition) is 1. The molecule has 4 rings (SSSR count). The summed E-state index contributed by atoms with van der Waals surface area (Å²) in [7, 11) is 0. The Hall–Kier alpha value is -3.68. The topological polar surface area (TPSA) is 117 Å². The fourth-order valence-electron chi connectivity index (χ4n) is 3.33. The Morgan fingerprint density at radius 2 is 1.76 bits per heavy atom. The summed E-state index contributed by atoms with van der Waals surface area (Å²) in [6, 6.07) is 12.4. The van der Waals surface area contributed by atoms with E-state index in [1.807, 2.05) is 0 Å². The highest BCUT2D eigenvalue weighted by molar-refractivity contribution is 6.33. The number of carbonyl (C=O) groups excluding carboxylic acids is 1. The van der Waals surface area contributed by atoms with Crippen molar-refractivity contribution in [3.05, 3.63) is 74.9 Å². The van der Waals surface area contributed by atoms with E-state index >= 15 is 0 Å². The van der Waals surface area contributed by atoms with E-state index in [1.165, 1.54) is 24.3 Å². The van der Waals surface area contributed by atoms with Crippen molar-refractivity contribution >= 4 is 29.2 Å². The molecule has 37 heavy (non-hydrogen) atoms.